The summed E-state index contributed by atoms with van der Waals surface area (Å²) in [5.41, 5.74) is 3.63. The van der Waals surface area contributed by atoms with Gasteiger partial charge in [0, 0.05) is 24.4 Å². The van der Waals surface area contributed by atoms with Gasteiger partial charge in [0.25, 0.3) is 0 Å². The van der Waals surface area contributed by atoms with Gasteiger partial charge < -0.3 is 10.2 Å². The number of nitrogens with one attached hydrogen (secondary N) is 1. The lowest BCUT2D eigenvalue weighted by Crippen LogP contribution is -2.44. The van der Waals surface area contributed by atoms with Crippen molar-refractivity contribution in [3.05, 3.63) is 51.5 Å². The van der Waals surface area contributed by atoms with Crippen LogP contribution in [-0.4, -0.2) is 29.0 Å². The van der Waals surface area contributed by atoms with Crippen LogP contribution in [0, 0.1) is 13.8 Å². The molecule has 2 amide bonds. The van der Waals surface area contributed by atoms with E-state index in [1.54, 1.807) is 11.3 Å². The van der Waals surface area contributed by atoms with E-state index < -0.39 is 0 Å². The molecule has 1 aromatic heterocycles. The molecule has 0 saturated carbocycles. The number of benzene rings is 1. The number of piperidine rings is 1. The monoisotopic (exact) mass is 329 g/mol. The van der Waals surface area contributed by atoms with E-state index in [0.717, 1.165) is 36.6 Å². The molecule has 1 fully saturated rings. The molecule has 1 N–H and O–H groups in total. The molecule has 2 heterocycles. The quantitative estimate of drug-likeness (QED) is 0.929. The summed E-state index contributed by atoms with van der Waals surface area (Å²) >= 11 is 1.61. The van der Waals surface area contributed by atoms with Gasteiger partial charge in [-0.1, -0.05) is 24.3 Å². The molecule has 4 nitrogen and oxygen atoms in total. The van der Waals surface area contributed by atoms with Crippen LogP contribution in [0.15, 0.2) is 29.6 Å². The maximum absolute atomic E-state index is 12.4. The van der Waals surface area contributed by atoms with Crippen LogP contribution in [0.1, 0.15) is 40.6 Å². The fraction of sp³-hybridized carbons (Fsp3) is 0.444. The molecule has 1 atom stereocenters. The number of amides is 2. The summed E-state index contributed by atoms with van der Waals surface area (Å²) in [6, 6.07) is 8.53. The van der Waals surface area contributed by atoms with Crippen LogP contribution in [0.25, 0.3) is 0 Å². The van der Waals surface area contributed by atoms with E-state index >= 15 is 0 Å². The minimum absolute atomic E-state index is 0.0222. The van der Waals surface area contributed by atoms with Crippen LogP contribution in [0.3, 0.4) is 0 Å². The van der Waals surface area contributed by atoms with Crippen molar-refractivity contribution in [3.63, 3.8) is 0 Å². The fourth-order valence-electron chi connectivity index (χ4n) is 3.23. The second-order valence-corrected chi connectivity index (χ2v) is 7.22. The first-order valence-electron chi connectivity index (χ1n) is 8.13. The third-order valence-electron chi connectivity index (χ3n) is 4.42. The number of likely N-dealkylation sites (tertiary alicyclic amines) is 1. The van der Waals surface area contributed by atoms with Crippen LogP contribution >= 0.6 is 11.3 Å². The molecule has 23 heavy (non-hydrogen) atoms. The SMILES string of the molecule is Cc1nc(CNC(=O)N2CCCC(c3ccccc3C)C2)cs1. The Kier molecular flexibility index (Phi) is 4.96. The van der Waals surface area contributed by atoms with Gasteiger partial charge >= 0.3 is 6.03 Å². The number of aromatic nitrogens is 1. The average Bonchev–Trinajstić information content (AvgIpc) is 2.98. The Labute approximate surface area is 141 Å². The Balaban J connectivity index is 1.59. The number of hydrogen-bond donors (Lipinski definition) is 1. The molecule has 2 aromatic rings. The van der Waals surface area contributed by atoms with Crippen molar-refractivity contribution >= 4 is 17.4 Å². The highest BCUT2D eigenvalue weighted by Gasteiger charge is 2.25. The highest BCUT2D eigenvalue weighted by Crippen LogP contribution is 2.29. The minimum Gasteiger partial charge on any atom is -0.332 e. The topological polar surface area (TPSA) is 45.2 Å². The van der Waals surface area contributed by atoms with E-state index in [2.05, 4.69) is 41.5 Å². The largest absolute Gasteiger partial charge is 0.332 e. The average molecular weight is 329 g/mol. The van der Waals surface area contributed by atoms with Gasteiger partial charge in [-0.25, -0.2) is 9.78 Å². The number of nitrogens with zero attached hydrogens (tertiary/aromatic N) is 2. The first kappa shape index (κ1) is 16.0. The first-order chi connectivity index (χ1) is 11.1. The summed E-state index contributed by atoms with van der Waals surface area (Å²) in [6.07, 6.45) is 2.21. The number of carbonyl (C=O) groups is 1. The number of hydrogen-bond acceptors (Lipinski definition) is 3. The molecule has 1 aliphatic heterocycles. The smallest absolute Gasteiger partial charge is 0.317 e. The third-order valence-corrected chi connectivity index (χ3v) is 5.25. The van der Waals surface area contributed by atoms with Crippen LogP contribution in [0.5, 0.6) is 0 Å². The number of urea groups is 1. The van der Waals surface area contributed by atoms with Gasteiger partial charge in [-0.2, -0.15) is 0 Å². The molecule has 1 aromatic carbocycles. The molecule has 0 aliphatic carbocycles. The maximum atomic E-state index is 12.4. The Morgan fingerprint density at radius 3 is 2.96 bits per heavy atom. The molecular weight excluding hydrogens is 306 g/mol. The van der Waals surface area contributed by atoms with E-state index in [9.17, 15) is 4.79 Å². The van der Waals surface area contributed by atoms with Crippen molar-refractivity contribution in [2.75, 3.05) is 13.1 Å². The van der Waals surface area contributed by atoms with Crippen molar-refractivity contribution < 1.29 is 4.79 Å². The van der Waals surface area contributed by atoms with Gasteiger partial charge in [0.1, 0.15) is 0 Å². The predicted molar refractivity (Wildman–Crippen MR) is 93.8 cm³/mol. The molecule has 1 unspecified atom stereocenters. The Bertz CT molecular complexity index is 682. The van der Waals surface area contributed by atoms with Crippen molar-refractivity contribution in [3.8, 4) is 0 Å². The highest BCUT2D eigenvalue weighted by molar-refractivity contribution is 7.09. The minimum atomic E-state index is 0.0222. The van der Waals surface area contributed by atoms with Gasteiger partial charge in [-0.05, 0) is 37.8 Å². The van der Waals surface area contributed by atoms with Gasteiger partial charge in [0.05, 0.1) is 17.2 Å². The highest BCUT2D eigenvalue weighted by atomic mass is 32.1. The van der Waals surface area contributed by atoms with Crippen molar-refractivity contribution in [1.82, 2.24) is 15.2 Å². The van der Waals surface area contributed by atoms with Crippen LogP contribution in [0.4, 0.5) is 4.79 Å². The van der Waals surface area contributed by atoms with Gasteiger partial charge in [0.2, 0.25) is 0 Å². The van der Waals surface area contributed by atoms with Crippen molar-refractivity contribution in [2.45, 2.75) is 39.2 Å². The Morgan fingerprint density at radius 2 is 2.22 bits per heavy atom. The summed E-state index contributed by atoms with van der Waals surface area (Å²) in [6.45, 7) is 6.28. The summed E-state index contributed by atoms with van der Waals surface area (Å²) in [5.74, 6) is 0.442. The standard InChI is InChI=1S/C18H23N3OS/c1-13-6-3-4-8-17(13)15-7-5-9-21(11-15)18(22)19-10-16-12-23-14(2)20-16/h3-4,6,8,12,15H,5,7,9-11H2,1-2H3,(H,19,22). The van der Waals surface area contributed by atoms with E-state index in [1.165, 1.54) is 11.1 Å². The third kappa shape index (κ3) is 3.91. The predicted octanol–water partition coefficient (Wildman–Crippen LogP) is 3.85. The van der Waals surface area contributed by atoms with Crippen LogP contribution < -0.4 is 5.32 Å². The van der Waals surface area contributed by atoms with Gasteiger partial charge in [-0.3, -0.25) is 0 Å². The Morgan fingerprint density at radius 1 is 1.39 bits per heavy atom. The van der Waals surface area contributed by atoms with Gasteiger partial charge in [-0.15, -0.1) is 11.3 Å². The second-order valence-electron chi connectivity index (χ2n) is 6.16. The van der Waals surface area contributed by atoms with E-state index in [4.69, 9.17) is 0 Å². The van der Waals surface area contributed by atoms with Crippen molar-refractivity contribution in [1.29, 1.82) is 0 Å². The summed E-state index contributed by atoms with van der Waals surface area (Å²) in [7, 11) is 0. The zero-order valence-electron chi connectivity index (χ0n) is 13.7. The maximum Gasteiger partial charge on any atom is 0.317 e. The molecule has 0 spiro atoms. The summed E-state index contributed by atoms with van der Waals surface area (Å²) < 4.78 is 0. The normalized spacial score (nSPS) is 18.0. The molecule has 0 bridgehead atoms. The van der Waals surface area contributed by atoms with Crippen LogP contribution in [-0.2, 0) is 6.54 Å². The molecule has 5 heteroatoms. The van der Waals surface area contributed by atoms with E-state index in [0.29, 0.717) is 12.5 Å². The summed E-state index contributed by atoms with van der Waals surface area (Å²) in [5, 5.41) is 6.04. The van der Waals surface area contributed by atoms with E-state index in [-0.39, 0.29) is 6.03 Å². The number of aryl methyl sites for hydroxylation is 2. The van der Waals surface area contributed by atoms with Crippen molar-refractivity contribution in [2.24, 2.45) is 0 Å². The fourth-order valence-corrected chi connectivity index (χ4v) is 3.84. The summed E-state index contributed by atoms with van der Waals surface area (Å²) in [4.78, 5) is 18.8. The lowest BCUT2D eigenvalue weighted by Gasteiger charge is -2.33. The zero-order valence-corrected chi connectivity index (χ0v) is 14.5. The van der Waals surface area contributed by atoms with Crippen LogP contribution in [0.2, 0.25) is 0 Å². The molecule has 0 radical (unpaired) electrons. The molecule has 1 aliphatic rings. The number of thiazole rings is 1. The zero-order chi connectivity index (χ0) is 16.2. The first-order valence-corrected chi connectivity index (χ1v) is 9.01. The molecule has 3 rings (SSSR count). The van der Waals surface area contributed by atoms with E-state index in [1.807, 2.05) is 17.2 Å². The number of rotatable bonds is 3. The lowest BCUT2D eigenvalue weighted by atomic mass is 9.88. The lowest BCUT2D eigenvalue weighted by molar-refractivity contribution is 0.179. The second kappa shape index (κ2) is 7.13. The van der Waals surface area contributed by atoms with Gasteiger partial charge in [0.15, 0.2) is 0 Å². The number of carbonyl (C=O) groups excluding carboxylic acids is 1. The molecule has 1 saturated heterocycles. The Hall–Kier alpha value is -1.88. The molecule has 122 valence electrons. The molecular formula is C18H23N3OS.